The molecule has 188 valence electrons. The monoisotopic (exact) mass is 495 g/mol. The molecule has 12 heteroatoms. The molecule has 7 atom stereocenters. The lowest BCUT2D eigenvalue weighted by molar-refractivity contribution is -0.163. The third-order valence-electron chi connectivity index (χ3n) is 7.23. The smallest absolute Gasteiger partial charge is 0.353 e. The summed E-state index contributed by atoms with van der Waals surface area (Å²) >= 11 is 1.42. The lowest BCUT2D eigenvalue weighted by Crippen LogP contribution is -2.63. The Bertz CT molecular complexity index is 910. The molecule has 0 aromatic carbocycles. The molecule has 4 heterocycles. The van der Waals surface area contributed by atoms with Gasteiger partial charge in [-0.2, -0.15) is 0 Å². The number of carbonyl (C=O) groups is 4. The molecule has 0 saturated carbocycles. The number of aliphatic carboxylic acids is 1. The van der Waals surface area contributed by atoms with Crippen LogP contribution in [0.3, 0.4) is 0 Å². The van der Waals surface area contributed by atoms with Crippen molar-refractivity contribution in [3.63, 3.8) is 0 Å². The Morgan fingerprint density at radius 2 is 2.09 bits per heavy atom. The SMILES string of the molecule is C[C@@H](O)[C@H]1C(=O)N2C(C(=O)O)=C(S[C@@H]3CN[C@H](C(=O)N4CC[C@H](NC(=O)CCN)C4)C3)[C@H](C)[C@H]12. The van der Waals surface area contributed by atoms with E-state index in [-0.39, 0.29) is 65.7 Å². The molecule has 4 rings (SSSR count). The zero-order valence-electron chi connectivity index (χ0n) is 19.4. The van der Waals surface area contributed by atoms with Crippen LogP contribution < -0.4 is 16.4 Å². The van der Waals surface area contributed by atoms with Gasteiger partial charge in [-0.15, -0.1) is 11.8 Å². The number of carbonyl (C=O) groups excluding carboxylic acids is 3. The first-order valence-corrected chi connectivity index (χ1v) is 12.7. The third kappa shape index (κ3) is 4.43. The van der Waals surface area contributed by atoms with Crippen molar-refractivity contribution >= 4 is 35.5 Å². The van der Waals surface area contributed by atoms with Gasteiger partial charge in [-0.3, -0.25) is 14.4 Å². The molecule has 0 radical (unpaired) electrons. The summed E-state index contributed by atoms with van der Waals surface area (Å²) in [5, 5.41) is 26.0. The van der Waals surface area contributed by atoms with Crippen LogP contribution in [0.15, 0.2) is 10.6 Å². The van der Waals surface area contributed by atoms with E-state index in [2.05, 4.69) is 10.6 Å². The van der Waals surface area contributed by atoms with Crippen molar-refractivity contribution < 1.29 is 29.4 Å². The van der Waals surface area contributed by atoms with Crippen molar-refractivity contribution in [1.82, 2.24) is 20.4 Å². The molecular formula is C22H33N5O6S. The number of hydrogen-bond acceptors (Lipinski definition) is 8. The highest BCUT2D eigenvalue weighted by Gasteiger charge is 2.60. The summed E-state index contributed by atoms with van der Waals surface area (Å²) in [4.78, 5) is 53.0. The summed E-state index contributed by atoms with van der Waals surface area (Å²) in [6, 6.07) is -0.782. The lowest BCUT2D eigenvalue weighted by atomic mass is 9.79. The Hall–Kier alpha value is -2.15. The standard InChI is InChI=1S/C22H33N5O6S/c1-10-17-16(11(2)28)21(31)27(17)18(22(32)33)19(10)34-13-7-14(24-8-13)20(30)26-6-4-12(9-26)25-15(29)3-5-23/h10-14,16-17,24,28H,3-9,23H2,1-2H3,(H,25,29)(H,32,33)/t10-,11-,12+,13+,14+,16-,17-/m1/s1. The quantitative estimate of drug-likeness (QED) is 0.257. The van der Waals surface area contributed by atoms with E-state index in [0.29, 0.717) is 37.4 Å². The Labute approximate surface area is 202 Å². The van der Waals surface area contributed by atoms with Crippen LogP contribution in [0.25, 0.3) is 0 Å². The van der Waals surface area contributed by atoms with Crippen molar-refractivity contribution in [2.24, 2.45) is 17.6 Å². The predicted molar refractivity (Wildman–Crippen MR) is 124 cm³/mol. The average molecular weight is 496 g/mol. The van der Waals surface area contributed by atoms with Crippen molar-refractivity contribution in [2.75, 3.05) is 26.2 Å². The minimum atomic E-state index is -1.15. The van der Waals surface area contributed by atoms with E-state index in [9.17, 15) is 29.4 Å². The van der Waals surface area contributed by atoms with E-state index >= 15 is 0 Å². The minimum Gasteiger partial charge on any atom is -0.477 e. The van der Waals surface area contributed by atoms with Crippen LogP contribution in [0.2, 0.25) is 0 Å². The topological polar surface area (TPSA) is 165 Å². The molecule has 0 aromatic rings. The van der Waals surface area contributed by atoms with Gasteiger partial charge in [0.2, 0.25) is 17.7 Å². The van der Waals surface area contributed by atoms with Crippen LogP contribution in [0.5, 0.6) is 0 Å². The van der Waals surface area contributed by atoms with Gasteiger partial charge in [0, 0.05) is 54.7 Å². The normalized spacial score (nSPS) is 33.7. The molecule has 0 aromatic heterocycles. The highest BCUT2D eigenvalue weighted by molar-refractivity contribution is 8.03. The van der Waals surface area contributed by atoms with Crippen LogP contribution in [0.4, 0.5) is 0 Å². The number of rotatable bonds is 8. The number of nitrogens with zero attached hydrogens (tertiary/aromatic N) is 2. The van der Waals surface area contributed by atoms with Crippen LogP contribution in [-0.4, -0.2) is 99.4 Å². The predicted octanol–water partition coefficient (Wildman–Crippen LogP) is -1.33. The Kier molecular flexibility index (Phi) is 7.22. The number of nitrogens with two attached hydrogens (primary N) is 1. The molecule has 0 spiro atoms. The van der Waals surface area contributed by atoms with Gasteiger partial charge in [-0.05, 0) is 19.8 Å². The highest BCUT2D eigenvalue weighted by Crippen LogP contribution is 2.51. The maximum atomic E-state index is 13.0. The number of thioether (sulfide) groups is 1. The van der Waals surface area contributed by atoms with Crippen LogP contribution >= 0.6 is 11.8 Å². The fraction of sp³-hybridized carbons (Fsp3) is 0.727. The first-order valence-electron chi connectivity index (χ1n) is 11.8. The molecule has 0 aliphatic carbocycles. The van der Waals surface area contributed by atoms with Crippen LogP contribution in [0.1, 0.15) is 33.1 Å². The number of fused-ring (bicyclic) bond motifs is 1. The Morgan fingerprint density at radius 3 is 2.74 bits per heavy atom. The maximum absolute atomic E-state index is 13.0. The molecular weight excluding hydrogens is 462 g/mol. The maximum Gasteiger partial charge on any atom is 0.353 e. The number of carboxylic acid groups (broad SMARTS) is 1. The third-order valence-corrected chi connectivity index (χ3v) is 8.74. The van der Waals surface area contributed by atoms with Crippen molar-refractivity contribution in [2.45, 2.75) is 62.6 Å². The van der Waals surface area contributed by atoms with Gasteiger partial charge in [0.1, 0.15) is 5.70 Å². The Morgan fingerprint density at radius 1 is 1.35 bits per heavy atom. The first-order chi connectivity index (χ1) is 16.1. The van der Waals surface area contributed by atoms with E-state index in [1.807, 2.05) is 6.92 Å². The van der Waals surface area contributed by atoms with Crippen LogP contribution in [0, 0.1) is 11.8 Å². The van der Waals surface area contributed by atoms with Gasteiger partial charge in [0.05, 0.1) is 24.1 Å². The van der Waals surface area contributed by atoms with Crippen LogP contribution in [-0.2, 0) is 19.2 Å². The Balaban J connectivity index is 1.36. The van der Waals surface area contributed by atoms with Gasteiger partial charge in [0.15, 0.2) is 0 Å². The van der Waals surface area contributed by atoms with Gasteiger partial charge in [0.25, 0.3) is 0 Å². The fourth-order valence-corrected chi connectivity index (χ4v) is 7.05. The molecule has 6 N–H and O–H groups in total. The van der Waals surface area contributed by atoms with Crippen molar-refractivity contribution in [3.8, 4) is 0 Å². The highest BCUT2D eigenvalue weighted by atomic mass is 32.2. The molecule has 0 bridgehead atoms. The summed E-state index contributed by atoms with van der Waals surface area (Å²) in [5.41, 5.74) is 5.42. The van der Waals surface area contributed by atoms with E-state index in [1.54, 1.807) is 11.8 Å². The zero-order chi connectivity index (χ0) is 24.7. The molecule has 3 amide bonds. The van der Waals surface area contributed by atoms with Gasteiger partial charge < -0.3 is 36.4 Å². The summed E-state index contributed by atoms with van der Waals surface area (Å²) in [6.07, 6.45) is 0.679. The second kappa shape index (κ2) is 9.84. The molecule has 34 heavy (non-hydrogen) atoms. The lowest BCUT2D eigenvalue weighted by Gasteiger charge is -2.46. The van der Waals surface area contributed by atoms with Gasteiger partial charge in [-0.1, -0.05) is 6.92 Å². The van der Waals surface area contributed by atoms with Crippen molar-refractivity contribution in [3.05, 3.63) is 10.6 Å². The molecule has 4 aliphatic heterocycles. The van der Waals surface area contributed by atoms with Crippen molar-refractivity contribution in [1.29, 1.82) is 0 Å². The number of carboxylic acids is 1. The van der Waals surface area contributed by atoms with E-state index in [0.717, 1.165) is 0 Å². The number of aliphatic hydroxyl groups is 1. The minimum absolute atomic E-state index is 0.00906. The summed E-state index contributed by atoms with van der Waals surface area (Å²) < 4.78 is 0. The molecule has 4 aliphatic rings. The molecule has 11 nitrogen and oxygen atoms in total. The number of likely N-dealkylation sites (tertiary alicyclic amines) is 1. The van der Waals surface area contributed by atoms with Gasteiger partial charge >= 0.3 is 5.97 Å². The first kappa shape index (κ1) is 25.0. The average Bonchev–Trinajstić information content (AvgIpc) is 3.47. The molecule has 0 unspecified atom stereocenters. The number of nitrogens with one attached hydrogen (secondary N) is 2. The molecule has 3 saturated heterocycles. The summed E-state index contributed by atoms with van der Waals surface area (Å²) in [5.74, 6) is -2.40. The summed E-state index contributed by atoms with van der Waals surface area (Å²) in [6.45, 7) is 5.33. The second-order valence-electron chi connectivity index (χ2n) is 9.58. The number of β-lactam (4-membered cyclic amide) rings is 1. The van der Waals surface area contributed by atoms with E-state index < -0.39 is 18.0 Å². The second-order valence-corrected chi connectivity index (χ2v) is 10.9. The number of aliphatic hydroxyl groups excluding tert-OH is 1. The van der Waals surface area contributed by atoms with Gasteiger partial charge in [-0.25, -0.2) is 4.79 Å². The van der Waals surface area contributed by atoms with E-state index in [4.69, 9.17) is 5.73 Å². The number of hydrogen-bond donors (Lipinski definition) is 5. The number of amides is 3. The van der Waals surface area contributed by atoms with E-state index in [1.165, 1.54) is 16.7 Å². The zero-order valence-corrected chi connectivity index (χ0v) is 20.2. The fourth-order valence-electron chi connectivity index (χ4n) is 5.57. The summed E-state index contributed by atoms with van der Waals surface area (Å²) in [7, 11) is 0. The largest absolute Gasteiger partial charge is 0.477 e. The molecule has 3 fully saturated rings.